The van der Waals surface area contributed by atoms with Crippen LogP contribution in [0.1, 0.15) is 38.9 Å². The molecule has 1 aromatic carbocycles. The van der Waals surface area contributed by atoms with Gasteiger partial charge in [-0.2, -0.15) is 0 Å². The number of nitrogens with one attached hydrogen (secondary N) is 1. The fourth-order valence-electron chi connectivity index (χ4n) is 2.76. The van der Waals surface area contributed by atoms with Gasteiger partial charge in [0.25, 0.3) is 0 Å². The number of nitrogens with zero attached hydrogens (tertiary/aromatic N) is 2. The summed E-state index contributed by atoms with van der Waals surface area (Å²) in [7, 11) is 0. The monoisotopic (exact) mass is 289 g/mol. The van der Waals surface area contributed by atoms with Crippen molar-refractivity contribution >= 4 is 11.0 Å². The molecule has 0 aliphatic heterocycles. The Morgan fingerprint density at radius 2 is 2.10 bits per heavy atom. The van der Waals surface area contributed by atoms with Crippen LogP contribution in [0.5, 0.6) is 0 Å². The van der Waals surface area contributed by atoms with E-state index in [0.717, 1.165) is 43.7 Å². The van der Waals surface area contributed by atoms with Crippen molar-refractivity contribution in [2.75, 3.05) is 13.2 Å². The first-order valence-corrected chi connectivity index (χ1v) is 7.87. The van der Waals surface area contributed by atoms with Crippen LogP contribution in [-0.2, 0) is 6.54 Å². The molecule has 4 heteroatoms. The molecule has 0 spiro atoms. The van der Waals surface area contributed by atoms with Crippen molar-refractivity contribution in [3.63, 3.8) is 0 Å². The minimum Gasteiger partial charge on any atom is -0.394 e. The van der Waals surface area contributed by atoms with Crippen molar-refractivity contribution in [3.8, 4) is 0 Å². The van der Waals surface area contributed by atoms with Crippen LogP contribution in [0.4, 0.5) is 0 Å². The molecule has 1 unspecified atom stereocenters. The Kier molecular flexibility index (Phi) is 5.37. The molecule has 21 heavy (non-hydrogen) atoms. The number of fused-ring (bicyclic) bond motifs is 1. The quantitative estimate of drug-likeness (QED) is 0.785. The predicted molar refractivity (Wildman–Crippen MR) is 87.5 cm³/mol. The molecule has 0 amide bonds. The zero-order valence-corrected chi connectivity index (χ0v) is 13.4. The van der Waals surface area contributed by atoms with Gasteiger partial charge in [0.2, 0.25) is 0 Å². The lowest BCUT2D eigenvalue weighted by Crippen LogP contribution is -2.46. The van der Waals surface area contributed by atoms with Gasteiger partial charge in [-0.3, -0.25) is 0 Å². The average Bonchev–Trinajstić information content (AvgIpc) is 2.81. The van der Waals surface area contributed by atoms with Gasteiger partial charge in [0.1, 0.15) is 5.82 Å². The molecule has 2 N–H and O–H groups in total. The second-order valence-electron chi connectivity index (χ2n) is 6.05. The van der Waals surface area contributed by atoms with Crippen LogP contribution in [0.2, 0.25) is 0 Å². The Bertz CT molecular complexity index is 578. The molecule has 0 bridgehead atoms. The summed E-state index contributed by atoms with van der Waals surface area (Å²) in [4.78, 5) is 4.60. The third-order valence-corrected chi connectivity index (χ3v) is 4.11. The second kappa shape index (κ2) is 7.05. The number of hydrogen-bond donors (Lipinski definition) is 2. The van der Waals surface area contributed by atoms with Gasteiger partial charge in [-0.1, -0.05) is 19.1 Å². The molecule has 0 aliphatic carbocycles. The summed E-state index contributed by atoms with van der Waals surface area (Å²) >= 11 is 0. The molecule has 2 aromatic rings. The molecular weight excluding hydrogens is 262 g/mol. The number of imidazole rings is 1. The van der Waals surface area contributed by atoms with E-state index in [0.29, 0.717) is 0 Å². The summed E-state index contributed by atoms with van der Waals surface area (Å²) in [5.41, 5.74) is 2.08. The maximum absolute atomic E-state index is 9.61. The van der Waals surface area contributed by atoms with E-state index in [9.17, 15) is 5.11 Å². The van der Waals surface area contributed by atoms with Gasteiger partial charge in [-0.25, -0.2) is 4.98 Å². The normalized spacial score (nSPS) is 14.5. The number of para-hydroxylation sites is 2. The third-order valence-electron chi connectivity index (χ3n) is 4.11. The first-order chi connectivity index (χ1) is 10.1. The third kappa shape index (κ3) is 3.83. The summed E-state index contributed by atoms with van der Waals surface area (Å²) < 4.78 is 2.27. The van der Waals surface area contributed by atoms with Gasteiger partial charge in [0, 0.05) is 12.1 Å². The maximum Gasteiger partial charge on any atom is 0.106 e. The number of benzene rings is 1. The standard InChI is InChI=1S/C17H27N3O/c1-4-11-18-17(3,13-21)10-7-12-20-14(2)19-15-8-5-6-9-16(15)20/h5-6,8-9,18,21H,4,7,10-13H2,1-3H3. The Morgan fingerprint density at radius 1 is 1.33 bits per heavy atom. The Labute approximate surface area is 127 Å². The topological polar surface area (TPSA) is 50.1 Å². The fraction of sp³-hybridized carbons (Fsp3) is 0.588. The molecule has 1 aromatic heterocycles. The van der Waals surface area contributed by atoms with E-state index in [4.69, 9.17) is 0 Å². The lowest BCUT2D eigenvalue weighted by Gasteiger charge is -2.29. The van der Waals surface area contributed by atoms with Crippen LogP contribution in [0.15, 0.2) is 24.3 Å². The van der Waals surface area contributed by atoms with Crippen LogP contribution in [0.3, 0.4) is 0 Å². The van der Waals surface area contributed by atoms with Crippen LogP contribution in [0.25, 0.3) is 11.0 Å². The molecule has 0 fully saturated rings. The number of aliphatic hydroxyl groups excluding tert-OH is 1. The summed E-state index contributed by atoms with van der Waals surface area (Å²) in [6.45, 7) is 8.37. The molecule has 4 nitrogen and oxygen atoms in total. The van der Waals surface area contributed by atoms with Crippen molar-refractivity contribution in [1.29, 1.82) is 0 Å². The Balaban J connectivity index is 2.00. The SMILES string of the molecule is CCCNC(C)(CO)CCCn1c(C)nc2ccccc21. The van der Waals surface area contributed by atoms with E-state index in [2.05, 4.69) is 53.8 Å². The van der Waals surface area contributed by atoms with Crippen molar-refractivity contribution in [2.45, 2.75) is 52.1 Å². The number of aromatic nitrogens is 2. The molecule has 0 aliphatic rings. The van der Waals surface area contributed by atoms with Crippen molar-refractivity contribution in [2.24, 2.45) is 0 Å². The highest BCUT2D eigenvalue weighted by Gasteiger charge is 2.21. The van der Waals surface area contributed by atoms with E-state index in [-0.39, 0.29) is 12.1 Å². The molecule has 1 heterocycles. The van der Waals surface area contributed by atoms with E-state index in [1.165, 1.54) is 5.52 Å². The summed E-state index contributed by atoms with van der Waals surface area (Å²) in [5.74, 6) is 1.06. The predicted octanol–water partition coefficient (Wildman–Crippen LogP) is 2.88. The van der Waals surface area contributed by atoms with Gasteiger partial charge in [0.15, 0.2) is 0 Å². The maximum atomic E-state index is 9.61. The van der Waals surface area contributed by atoms with Gasteiger partial charge in [0.05, 0.1) is 17.6 Å². The first kappa shape index (κ1) is 16.0. The molecule has 0 saturated carbocycles. The highest BCUT2D eigenvalue weighted by atomic mass is 16.3. The van der Waals surface area contributed by atoms with E-state index in [1.807, 2.05) is 6.07 Å². The van der Waals surface area contributed by atoms with Crippen LogP contribution in [0, 0.1) is 6.92 Å². The van der Waals surface area contributed by atoms with Crippen LogP contribution in [-0.4, -0.2) is 33.3 Å². The second-order valence-corrected chi connectivity index (χ2v) is 6.05. The van der Waals surface area contributed by atoms with E-state index in [1.54, 1.807) is 0 Å². The lowest BCUT2D eigenvalue weighted by atomic mass is 9.96. The van der Waals surface area contributed by atoms with Crippen LogP contribution >= 0.6 is 0 Å². The zero-order chi connectivity index (χ0) is 15.3. The van der Waals surface area contributed by atoms with Gasteiger partial charge in [-0.15, -0.1) is 0 Å². The number of aryl methyl sites for hydroxylation is 2. The minimum atomic E-state index is -0.180. The summed E-state index contributed by atoms with van der Waals surface area (Å²) in [6, 6.07) is 8.26. The van der Waals surface area contributed by atoms with Gasteiger partial charge < -0.3 is 15.0 Å². The van der Waals surface area contributed by atoms with Gasteiger partial charge >= 0.3 is 0 Å². The summed E-state index contributed by atoms with van der Waals surface area (Å²) in [5, 5.41) is 13.1. The van der Waals surface area contributed by atoms with Crippen molar-refractivity contribution in [1.82, 2.24) is 14.9 Å². The van der Waals surface area contributed by atoms with Crippen LogP contribution < -0.4 is 5.32 Å². The molecule has 2 rings (SSSR count). The van der Waals surface area contributed by atoms with Crippen molar-refractivity contribution in [3.05, 3.63) is 30.1 Å². The number of hydrogen-bond acceptors (Lipinski definition) is 3. The van der Waals surface area contributed by atoms with E-state index < -0.39 is 0 Å². The largest absolute Gasteiger partial charge is 0.394 e. The zero-order valence-electron chi connectivity index (χ0n) is 13.4. The number of aliphatic hydroxyl groups is 1. The number of rotatable bonds is 8. The molecule has 1 atom stereocenters. The average molecular weight is 289 g/mol. The molecule has 0 radical (unpaired) electrons. The van der Waals surface area contributed by atoms with E-state index >= 15 is 0 Å². The highest BCUT2D eigenvalue weighted by Crippen LogP contribution is 2.18. The van der Waals surface area contributed by atoms with Crippen molar-refractivity contribution < 1.29 is 5.11 Å². The Morgan fingerprint density at radius 3 is 2.81 bits per heavy atom. The Hall–Kier alpha value is -1.39. The first-order valence-electron chi connectivity index (χ1n) is 7.87. The highest BCUT2D eigenvalue weighted by molar-refractivity contribution is 5.75. The van der Waals surface area contributed by atoms with Gasteiger partial charge in [-0.05, 0) is 51.8 Å². The summed E-state index contributed by atoms with van der Waals surface area (Å²) in [6.07, 6.45) is 3.06. The molecular formula is C17H27N3O. The minimum absolute atomic E-state index is 0.177. The smallest absolute Gasteiger partial charge is 0.106 e. The molecule has 0 saturated heterocycles. The lowest BCUT2D eigenvalue weighted by molar-refractivity contribution is 0.162. The fourth-order valence-corrected chi connectivity index (χ4v) is 2.76. The molecule has 116 valence electrons.